The Kier molecular flexibility index (Phi) is 8.74. The number of aryl methyl sites for hydroxylation is 1. The molecule has 176 valence electrons. The fourth-order valence-corrected chi connectivity index (χ4v) is 4.86. The molecule has 2 atom stereocenters. The third kappa shape index (κ3) is 5.61. The van der Waals surface area contributed by atoms with Gasteiger partial charge in [0.25, 0.3) is 0 Å². The van der Waals surface area contributed by atoms with E-state index in [1.165, 1.54) is 0 Å². The second-order valence-electron chi connectivity index (χ2n) is 7.42. The molecule has 0 radical (unpaired) electrons. The van der Waals surface area contributed by atoms with Gasteiger partial charge < -0.3 is 15.4 Å². The molecular formula is C25H24ClN3O4S. The monoisotopic (exact) mass is 497 g/mol. The van der Waals surface area contributed by atoms with Gasteiger partial charge in [0.1, 0.15) is 5.92 Å². The molecule has 2 amide bonds. The smallest absolute Gasteiger partial charge is 0.319 e. The molecule has 1 heterocycles. The lowest BCUT2D eigenvalue weighted by Gasteiger charge is -2.31. The van der Waals surface area contributed by atoms with Crippen LogP contribution in [-0.2, 0) is 25.5 Å². The van der Waals surface area contributed by atoms with Crippen molar-refractivity contribution in [2.45, 2.75) is 26.2 Å². The number of para-hydroxylation sites is 1. The summed E-state index contributed by atoms with van der Waals surface area (Å²) in [5.74, 6) is -3.89. The van der Waals surface area contributed by atoms with E-state index in [-0.39, 0.29) is 28.9 Å². The molecule has 0 saturated heterocycles. The number of benzene rings is 2. The molecule has 0 spiro atoms. The Hall–Kier alpha value is -3.28. The highest BCUT2D eigenvalue weighted by atomic mass is 35.5. The van der Waals surface area contributed by atoms with Gasteiger partial charge in [-0.25, -0.2) is 0 Å². The summed E-state index contributed by atoms with van der Waals surface area (Å²) in [7, 11) is 0. The number of hydrogen-bond acceptors (Lipinski definition) is 6. The Bertz CT molecular complexity index is 1170. The van der Waals surface area contributed by atoms with Gasteiger partial charge >= 0.3 is 5.97 Å². The summed E-state index contributed by atoms with van der Waals surface area (Å²) in [6, 6.07) is 16.4. The molecule has 7 nitrogen and oxygen atoms in total. The van der Waals surface area contributed by atoms with E-state index in [4.69, 9.17) is 16.3 Å². The lowest BCUT2D eigenvalue weighted by atomic mass is 9.78. The van der Waals surface area contributed by atoms with Gasteiger partial charge in [-0.05, 0) is 36.6 Å². The van der Waals surface area contributed by atoms with Gasteiger partial charge in [0.2, 0.25) is 11.8 Å². The molecule has 3 rings (SSSR count). The number of halogens is 1. The lowest BCUT2D eigenvalue weighted by Crippen LogP contribution is -2.44. The predicted octanol–water partition coefficient (Wildman–Crippen LogP) is 4.40. The summed E-state index contributed by atoms with van der Waals surface area (Å²) < 4.78 is 5.11. The van der Waals surface area contributed by atoms with Gasteiger partial charge in [-0.1, -0.05) is 66.7 Å². The highest BCUT2D eigenvalue weighted by molar-refractivity contribution is 8.03. The fraction of sp³-hybridized carbons (Fsp3) is 0.280. The van der Waals surface area contributed by atoms with Crippen LogP contribution in [0, 0.1) is 17.2 Å². The number of allylic oxidation sites excluding steroid dienone is 1. The van der Waals surface area contributed by atoms with Crippen LogP contribution in [0.3, 0.4) is 0 Å². The van der Waals surface area contributed by atoms with Gasteiger partial charge in [-0.2, -0.15) is 5.26 Å². The molecule has 0 aliphatic carbocycles. The van der Waals surface area contributed by atoms with E-state index in [2.05, 4.69) is 16.7 Å². The fourth-order valence-electron chi connectivity index (χ4n) is 3.76. The van der Waals surface area contributed by atoms with E-state index in [0.717, 1.165) is 23.7 Å². The van der Waals surface area contributed by atoms with Crippen LogP contribution in [0.2, 0.25) is 5.02 Å². The number of rotatable bonds is 8. The van der Waals surface area contributed by atoms with E-state index < -0.39 is 23.7 Å². The van der Waals surface area contributed by atoms with Crippen LogP contribution in [-0.4, -0.2) is 30.1 Å². The van der Waals surface area contributed by atoms with Crippen molar-refractivity contribution in [2.75, 3.05) is 17.7 Å². The van der Waals surface area contributed by atoms with Gasteiger partial charge in [-0.3, -0.25) is 14.4 Å². The summed E-state index contributed by atoms with van der Waals surface area (Å²) >= 11 is 7.41. The summed E-state index contributed by atoms with van der Waals surface area (Å²) in [6.45, 7) is 3.72. The molecule has 9 heteroatoms. The van der Waals surface area contributed by atoms with Gasteiger partial charge in [0, 0.05) is 16.6 Å². The predicted molar refractivity (Wildman–Crippen MR) is 132 cm³/mol. The van der Waals surface area contributed by atoms with E-state index >= 15 is 0 Å². The van der Waals surface area contributed by atoms with Gasteiger partial charge in [0.15, 0.2) is 0 Å². The van der Waals surface area contributed by atoms with E-state index in [9.17, 15) is 19.6 Å². The molecule has 0 bridgehead atoms. The van der Waals surface area contributed by atoms with E-state index in [0.29, 0.717) is 16.3 Å². The maximum atomic E-state index is 13.0. The topological polar surface area (TPSA) is 108 Å². The Morgan fingerprint density at radius 3 is 2.56 bits per heavy atom. The standard InChI is InChI=1S/C25H24ClN3O4S/c1-3-15-9-5-8-12-19(15)28-20(30)14-34-24-17(13-27)21(16-10-6-7-11-18(16)26)22(23(31)29-24)25(32)33-4-2/h5-12,21-22H,3-4,14H2,1-2H3,(H,28,30)(H,29,31). The quantitative estimate of drug-likeness (QED) is 0.413. The van der Waals surface area contributed by atoms with Crippen molar-refractivity contribution in [2.24, 2.45) is 5.92 Å². The largest absolute Gasteiger partial charge is 0.465 e. The number of carbonyl (C=O) groups is 3. The first kappa shape index (κ1) is 25.3. The number of thioether (sulfide) groups is 1. The van der Waals surface area contributed by atoms with Crippen molar-refractivity contribution < 1.29 is 19.1 Å². The Balaban J connectivity index is 1.91. The third-order valence-electron chi connectivity index (χ3n) is 5.33. The number of carbonyl (C=O) groups excluding carboxylic acids is 3. The number of ether oxygens (including phenoxy) is 1. The van der Waals surface area contributed by atoms with Gasteiger partial charge in [-0.15, -0.1) is 0 Å². The second-order valence-corrected chi connectivity index (χ2v) is 8.81. The molecule has 2 aromatic rings. The molecule has 1 aliphatic heterocycles. The van der Waals surface area contributed by atoms with Crippen LogP contribution in [0.25, 0.3) is 0 Å². The van der Waals surface area contributed by atoms with E-state index in [1.807, 2.05) is 31.2 Å². The average molecular weight is 498 g/mol. The zero-order chi connectivity index (χ0) is 24.7. The van der Waals surface area contributed by atoms with Crippen LogP contribution in [0.15, 0.2) is 59.1 Å². The number of anilines is 1. The summed E-state index contributed by atoms with van der Waals surface area (Å²) in [4.78, 5) is 38.3. The SMILES string of the molecule is CCOC(=O)C1C(=O)NC(SCC(=O)Nc2ccccc2CC)=C(C#N)C1c1ccccc1Cl. The molecule has 1 aliphatic rings. The third-order valence-corrected chi connectivity index (χ3v) is 6.69. The minimum absolute atomic E-state index is 0.0435. The Morgan fingerprint density at radius 2 is 1.88 bits per heavy atom. The molecule has 2 unspecified atom stereocenters. The second kappa shape index (κ2) is 11.7. The zero-order valence-corrected chi connectivity index (χ0v) is 20.3. The van der Waals surface area contributed by atoms with Crippen molar-refractivity contribution in [3.05, 3.63) is 75.3 Å². The highest BCUT2D eigenvalue weighted by Crippen LogP contribution is 2.42. The first-order valence-corrected chi connectivity index (χ1v) is 12.1. The molecule has 34 heavy (non-hydrogen) atoms. The first-order valence-electron chi connectivity index (χ1n) is 10.8. The lowest BCUT2D eigenvalue weighted by molar-refractivity contribution is -0.152. The number of amides is 2. The van der Waals surface area contributed by atoms with Crippen molar-refractivity contribution in [1.29, 1.82) is 5.26 Å². The molecule has 0 fully saturated rings. The minimum Gasteiger partial charge on any atom is -0.465 e. The Labute approximate surface area is 207 Å². The number of nitrogens with one attached hydrogen (secondary N) is 2. The zero-order valence-electron chi connectivity index (χ0n) is 18.8. The van der Waals surface area contributed by atoms with Crippen LogP contribution >= 0.6 is 23.4 Å². The van der Waals surface area contributed by atoms with Crippen LogP contribution < -0.4 is 10.6 Å². The van der Waals surface area contributed by atoms with Crippen molar-refractivity contribution in [3.8, 4) is 6.07 Å². The van der Waals surface area contributed by atoms with E-state index in [1.54, 1.807) is 31.2 Å². The maximum Gasteiger partial charge on any atom is 0.319 e. The number of esters is 1. The number of nitriles is 1. The molecule has 2 N–H and O–H groups in total. The van der Waals surface area contributed by atoms with Crippen LogP contribution in [0.5, 0.6) is 0 Å². The summed E-state index contributed by atoms with van der Waals surface area (Å²) in [5.41, 5.74) is 2.33. The number of nitrogens with zero attached hydrogens (tertiary/aromatic N) is 1. The van der Waals surface area contributed by atoms with Crippen LogP contribution in [0.4, 0.5) is 5.69 Å². The van der Waals surface area contributed by atoms with Crippen molar-refractivity contribution in [3.63, 3.8) is 0 Å². The van der Waals surface area contributed by atoms with Crippen LogP contribution in [0.1, 0.15) is 30.9 Å². The minimum atomic E-state index is -1.27. The van der Waals surface area contributed by atoms with Crippen molar-refractivity contribution in [1.82, 2.24) is 5.32 Å². The van der Waals surface area contributed by atoms with Crippen molar-refractivity contribution >= 4 is 46.8 Å². The average Bonchev–Trinajstić information content (AvgIpc) is 2.83. The van der Waals surface area contributed by atoms with Gasteiger partial charge in [0.05, 0.1) is 29.0 Å². The maximum absolute atomic E-state index is 13.0. The summed E-state index contributed by atoms with van der Waals surface area (Å²) in [5, 5.41) is 16.0. The summed E-state index contributed by atoms with van der Waals surface area (Å²) in [6.07, 6.45) is 0.762. The molecule has 2 aromatic carbocycles. The first-order chi connectivity index (χ1) is 16.4. The number of hydrogen-bond donors (Lipinski definition) is 2. The highest BCUT2D eigenvalue weighted by Gasteiger charge is 2.45. The molecule has 0 aromatic heterocycles. The Morgan fingerprint density at radius 1 is 1.18 bits per heavy atom. The molecule has 0 saturated carbocycles. The normalized spacial score (nSPS) is 17.5. The molecular weight excluding hydrogens is 474 g/mol.